The van der Waals surface area contributed by atoms with Crippen molar-refractivity contribution in [3.05, 3.63) is 142 Å². The van der Waals surface area contributed by atoms with E-state index in [4.69, 9.17) is 21.1 Å². The van der Waals surface area contributed by atoms with Gasteiger partial charge in [0.2, 0.25) is 0 Å². The van der Waals surface area contributed by atoms with E-state index < -0.39 is 5.60 Å². The molecule has 5 aromatic rings. The van der Waals surface area contributed by atoms with Crippen molar-refractivity contribution in [1.29, 1.82) is 0 Å². The monoisotopic (exact) mass is 530 g/mol. The summed E-state index contributed by atoms with van der Waals surface area (Å²) in [6, 6.07) is 35.1. The molecule has 5 aromatic carbocycles. The van der Waals surface area contributed by atoms with E-state index in [-0.39, 0.29) is 5.97 Å². The van der Waals surface area contributed by atoms with Gasteiger partial charge in [0.15, 0.2) is 5.60 Å². The van der Waals surface area contributed by atoms with Crippen LogP contribution in [0.3, 0.4) is 0 Å². The topological polar surface area (TPSA) is 59.6 Å². The number of anilines is 4. The Morgan fingerprint density at radius 1 is 0.692 bits per heavy atom. The Hall–Kier alpha value is -4.74. The lowest BCUT2D eigenvalue weighted by Crippen LogP contribution is -2.34. The molecule has 0 aliphatic carbocycles. The van der Waals surface area contributed by atoms with Crippen LogP contribution in [-0.4, -0.2) is 5.97 Å². The maximum absolute atomic E-state index is 13.2. The first kappa shape index (κ1) is 23.4. The number of para-hydroxylation sites is 1. The lowest BCUT2D eigenvalue weighted by atomic mass is 9.76. The lowest BCUT2D eigenvalue weighted by Gasteiger charge is -2.38. The molecule has 1 atom stereocenters. The number of carbonyl (C=O) groups excluding carboxylic acids is 1. The van der Waals surface area contributed by atoms with Crippen molar-refractivity contribution in [3.63, 3.8) is 0 Å². The van der Waals surface area contributed by atoms with E-state index in [0.29, 0.717) is 27.6 Å². The first-order chi connectivity index (χ1) is 19.0. The number of esters is 1. The summed E-state index contributed by atoms with van der Waals surface area (Å²) < 4.78 is 12.8. The molecule has 0 fully saturated rings. The number of hydrogen-bond acceptors (Lipinski definition) is 5. The van der Waals surface area contributed by atoms with Gasteiger partial charge in [0.1, 0.15) is 11.5 Å². The van der Waals surface area contributed by atoms with Crippen molar-refractivity contribution in [2.24, 2.45) is 0 Å². The summed E-state index contributed by atoms with van der Waals surface area (Å²) in [5, 5.41) is 7.52. The van der Waals surface area contributed by atoms with E-state index in [2.05, 4.69) is 10.6 Å². The van der Waals surface area contributed by atoms with E-state index in [0.717, 1.165) is 39.4 Å². The van der Waals surface area contributed by atoms with Gasteiger partial charge in [0.05, 0.1) is 16.8 Å². The molecule has 0 saturated heterocycles. The number of halogens is 1. The summed E-state index contributed by atoms with van der Waals surface area (Å²) >= 11 is 6.62. The van der Waals surface area contributed by atoms with Crippen molar-refractivity contribution in [3.8, 4) is 11.5 Å². The maximum Gasteiger partial charge on any atom is 0.340 e. The molecule has 0 bridgehead atoms. The summed E-state index contributed by atoms with van der Waals surface area (Å²) in [4.78, 5) is 13.2. The van der Waals surface area contributed by atoms with Gasteiger partial charge in [0, 0.05) is 33.2 Å². The molecule has 0 radical (unpaired) electrons. The normalized spacial score (nSPS) is 16.5. The van der Waals surface area contributed by atoms with Gasteiger partial charge in [-0.3, -0.25) is 0 Å². The minimum Gasteiger partial charge on any atom is -0.456 e. The SMILES string of the molecule is Cc1cc2c(cc1Cl)C1(OC(=O)c3ccccc31)c1c(Nc3ccc(Nc4ccccc4)cc3)cccc1O2. The van der Waals surface area contributed by atoms with Gasteiger partial charge in [-0.15, -0.1) is 0 Å². The first-order valence-corrected chi connectivity index (χ1v) is 13.0. The zero-order valence-electron chi connectivity index (χ0n) is 21.0. The third-order valence-corrected chi connectivity index (χ3v) is 7.64. The average Bonchev–Trinajstić information content (AvgIpc) is 3.24. The third kappa shape index (κ3) is 3.74. The van der Waals surface area contributed by atoms with E-state index in [1.165, 1.54) is 0 Å². The van der Waals surface area contributed by atoms with Crippen LogP contribution in [0.2, 0.25) is 5.02 Å². The van der Waals surface area contributed by atoms with Crippen LogP contribution in [0.5, 0.6) is 11.5 Å². The molecule has 7 rings (SSSR count). The Kier molecular flexibility index (Phi) is 5.35. The highest BCUT2D eigenvalue weighted by molar-refractivity contribution is 6.31. The standard InChI is InChI=1S/C33H23ClN2O3/c1-20-18-30-26(19-27(20)34)33(25-11-6-5-10-24(25)32(37)39-33)31-28(12-7-13-29(31)38-30)36-23-16-14-22(15-17-23)35-21-8-3-2-4-9-21/h2-19,35-36H,1H3. The molecule has 0 amide bonds. The molecule has 2 N–H and O–H groups in total. The van der Waals surface area contributed by atoms with Crippen LogP contribution in [0.15, 0.2) is 109 Å². The number of aryl methyl sites for hydroxylation is 1. The Morgan fingerprint density at radius 2 is 1.38 bits per heavy atom. The molecule has 0 saturated carbocycles. The second-order valence-electron chi connectivity index (χ2n) is 9.69. The van der Waals surface area contributed by atoms with Crippen molar-refractivity contribution in [1.82, 2.24) is 0 Å². The second kappa shape index (κ2) is 8.93. The number of ether oxygens (including phenoxy) is 2. The highest BCUT2D eigenvalue weighted by Gasteiger charge is 2.54. The number of benzene rings is 5. The fourth-order valence-electron chi connectivity index (χ4n) is 5.43. The lowest BCUT2D eigenvalue weighted by molar-refractivity contribution is 0.0227. The molecule has 5 nitrogen and oxygen atoms in total. The third-order valence-electron chi connectivity index (χ3n) is 7.24. The van der Waals surface area contributed by atoms with Crippen molar-refractivity contribution in [2.45, 2.75) is 12.5 Å². The van der Waals surface area contributed by atoms with Crippen LogP contribution in [-0.2, 0) is 10.3 Å². The van der Waals surface area contributed by atoms with Crippen LogP contribution in [0.4, 0.5) is 22.7 Å². The smallest absolute Gasteiger partial charge is 0.340 e. The molecule has 2 aliphatic rings. The molecule has 0 aromatic heterocycles. The highest BCUT2D eigenvalue weighted by Crippen LogP contribution is 2.58. The number of carbonyl (C=O) groups is 1. The maximum atomic E-state index is 13.2. The van der Waals surface area contributed by atoms with E-state index >= 15 is 0 Å². The van der Waals surface area contributed by atoms with Crippen molar-refractivity contribution >= 4 is 40.3 Å². The predicted octanol–water partition coefficient (Wildman–Crippen LogP) is 8.70. The predicted molar refractivity (Wildman–Crippen MR) is 154 cm³/mol. The van der Waals surface area contributed by atoms with Gasteiger partial charge in [-0.25, -0.2) is 4.79 Å². The van der Waals surface area contributed by atoms with Crippen LogP contribution >= 0.6 is 11.6 Å². The van der Waals surface area contributed by atoms with Crippen LogP contribution in [0.25, 0.3) is 0 Å². The number of nitrogens with one attached hydrogen (secondary N) is 2. The second-order valence-corrected chi connectivity index (χ2v) is 10.1. The van der Waals surface area contributed by atoms with Gasteiger partial charge in [-0.1, -0.05) is 54.1 Å². The van der Waals surface area contributed by atoms with Gasteiger partial charge < -0.3 is 20.1 Å². The summed E-state index contributed by atoms with van der Waals surface area (Å²) in [5.74, 6) is 0.843. The minimum atomic E-state index is -1.22. The van der Waals surface area contributed by atoms with Gasteiger partial charge in [0.25, 0.3) is 0 Å². The van der Waals surface area contributed by atoms with Crippen molar-refractivity contribution < 1.29 is 14.3 Å². The van der Waals surface area contributed by atoms with E-state index in [1.54, 1.807) is 6.07 Å². The molecule has 1 unspecified atom stereocenters. The summed E-state index contributed by atoms with van der Waals surface area (Å²) in [5.41, 5.74) is 6.00. The Labute approximate surface area is 231 Å². The Balaban J connectivity index is 1.35. The van der Waals surface area contributed by atoms with Crippen LogP contribution in [0.1, 0.15) is 32.6 Å². The zero-order valence-corrected chi connectivity index (χ0v) is 21.8. The average molecular weight is 531 g/mol. The fourth-order valence-corrected chi connectivity index (χ4v) is 5.60. The van der Waals surface area contributed by atoms with E-state index in [9.17, 15) is 4.79 Å². The number of hydrogen-bond donors (Lipinski definition) is 2. The summed E-state index contributed by atoms with van der Waals surface area (Å²) in [6.45, 7) is 1.93. The van der Waals surface area contributed by atoms with Gasteiger partial charge in [-0.2, -0.15) is 0 Å². The van der Waals surface area contributed by atoms with Crippen LogP contribution in [0, 0.1) is 6.92 Å². The largest absolute Gasteiger partial charge is 0.456 e. The van der Waals surface area contributed by atoms with E-state index in [1.807, 2.05) is 110 Å². The van der Waals surface area contributed by atoms with Crippen molar-refractivity contribution in [2.75, 3.05) is 10.6 Å². The molecule has 2 heterocycles. The Bertz CT molecular complexity index is 1750. The molecule has 1 spiro atoms. The molecular weight excluding hydrogens is 508 g/mol. The highest BCUT2D eigenvalue weighted by atomic mass is 35.5. The minimum absolute atomic E-state index is 0.382. The molecule has 6 heteroatoms. The molecule has 39 heavy (non-hydrogen) atoms. The first-order valence-electron chi connectivity index (χ1n) is 12.7. The number of fused-ring (bicyclic) bond motifs is 6. The van der Waals surface area contributed by atoms with Gasteiger partial charge in [-0.05, 0) is 79.2 Å². The van der Waals surface area contributed by atoms with Crippen LogP contribution < -0.4 is 15.4 Å². The molecule has 190 valence electrons. The van der Waals surface area contributed by atoms with Gasteiger partial charge >= 0.3 is 5.97 Å². The zero-order chi connectivity index (χ0) is 26.6. The Morgan fingerprint density at radius 3 is 2.18 bits per heavy atom. The molecular formula is C33H23ClN2O3. The fraction of sp³-hybridized carbons (Fsp3) is 0.0606. The summed E-state index contributed by atoms with van der Waals surface area (Å²) in [7, 11) is 0. The summed E-state index contributed by atoms with van der Waals surface area (Å²) in [6.07, 6.45) is 0. The molecule has 2 aliphatic heterocycles. The number of rotatable bonds is 4. The quantitative estimate of drug-likeness (QED) is 0.227.